The van der Waals surface area contributed by atoms with Crippen molar-refractivity contribution in [2.45, 2.75) is 20.2 Å². The molecule has 0 spiro atoms. The number of alkyl halides is 3. The van der Waals surface area contributed by atoms with Gasteiger partial charge < -0.3 is 10.1 Å². The highest BCUT2D eigenvalue weighted by Gasteiger charge is 2.31. The van der Waals surface area contributed by atoms with E-state index >= 15 is 0 Å². The van der Waals surface area contributed by atoms with Crippen LogP contribution in [0.5, 0.6) is 5.75 Å². The highest BCUT2D eigenvalue weighted by Crippen LogP contribution is 2.29. The quantitative estimate of drug-likeness (QED) is 0.170. The van der Waals surface area contributed by atoms with Gasteiger partial charge in [-0.3, -0.25) is 9.29 Å². The molecular formula is C28H22F3N5O2S. The molecule has 0 unspecified atom stereocenters. The zero-order valence-electron chi connectivity index (χ0n) is 20.8. The van der Waals surface area contributed by atoms with Crippen LogP contribution in [-0.2, 0) is 0 Å². The van der Waals surface area contributed by atoms with Crippen LogP contribution in [0.2, 0.25) is 0 Å². The van der Waals surface area contributed by atoms with Crippen LogP contribution < -0.4 is 14.8 Å². The molecule has 2 N–H and O–H groups in total. The third-order valence-electron chi connectivity index (χ3n) is 6.15. The summed E-state index contributed by atoms with van der Waals surface area (Å²) in [6, 6.07) is 20.6. The van der Waals surface area contributed by atoms with Crippen LogP contribution in [-0.4, -0.2) is 28.2 Å². The van der Waals surface area contributed by atoms with Gasteiger partial charge in [-0.25, -0.2) is 14.2 Å². The standard InChI is InChI=1S/C28H22F3N5O2S/c1-17-4-3-5-24(18(17)2)34-27(37)35-39-33-15-19-6-12-23-20(14-19)7-13-25-26(23)32-16-36(25)21-8-10-22(11-9-21)38-28(29,30)31/h3-16H,1-2H3,(H2,34,35,37)/b33-15+. The van der Waals surface area contributed by atoms with Gasteiger partial charge in [0.25, 0.3) is 0 Å². The molecule has 0 atom stereocenters. The lowest BCUT2D eigenvalue weighted by molar-refractivity contribution is -0.274. The molecule has 2 amide bonds. The van der Waals surface area contributed by atoms with Gasteiger partial charge in [-0.05, 0) is 78.4 Å². The molecule has 0 saturated heterocycles. The SMILES string of the molecule is Cc1cccc(NC(=O)NS/N=C/c2ccc3c(ccc4c3ncn4-c3ccc(OC(F)(F)F)cc3)c2)c1C. The average Bonchev–Trinajstić information content (AvgIpc) is 3.33. The molecule has 4 aromatic carbocycles. The summed E-state index contributed by atoms with van der Waals surface area (Å²) in [5.41, 5.74) is 5.89. The number of nitrogens with one attached hydrogen (secondary N) is 2. The Kier molecular flexibility index (Phi) is 7.16. The molecule has 11 heteroatoms. The smallest absolute Gasteiger partial charge is 0.406 e. The van der Waals surface area contributed by atoms with Gasteiger partial charge in [0.15, 0.2) is 0 Å². The van der Waals surface area contributed by atoms with Gasteiger partial charge in [-0.15, -0.1) is 13.2 Å². The van der Waals surface area contributed by atoms with Crippen LogP contribution in [0.1, 0.15) is 16.7 Å². The number of imidazole rings is 1. The van der Waals surface area contributed by atoms with E-state index < -0.39 is 6.36 Å². The van der Waals surface area contributed by atoms with E-state index in [0.29, 0.717) is 5.69 Å². The molecule has 0 saturated carbocycles. The van der Waals surface area contributed by atoms with E-state index in [0.717, 1.165) is 56.3 Å². The number of benzene rings is 4. The summed E-state index contributed by atoms with van der Waals surface area (Å²) in [7, 11) is 0. The Hall–Kier alpha value is -4.51. The van der Waals surface area contributed by atoms with Crippen molar-refractivity contribution in [1.82, 2.24) is 14.3 Å². The summed E-state index contributed by atoms with van der Waals surface area (Å²) in [5.74, 6) is -0.286. The predicted octanol–water partition coefficient (Wildman–Crippen LogP) is 7.50. The second-order valence-electron chi connectivity index (χ2n) is 8.70. The molecule has 0 aliphatic heterocycles. The van der Waals surface area contributed by atoms with Crippen molar-refractivity contribution >= 4 is 51.9 Å². The number of carbonyl (C=O) groups excluding carboxylic acids is 1. The summed E-state index contributed by atoms with van der Waals surface area (Å²) in [6.45, 7) is 3.93. The normalized spacial score (nSPS) is 11.8. The van der Waals surface area contributed by atoms with Gasteiger partial charge in [0, 0.05) is 23.0 Å². The number of hydrogen-bond donors (Lipinski definition) is 2. The lowest BCUT2D eigenvalue weighted by Gasteiger charge is -2.10. The molecule has 1 heterocycles. The van der Waals surface area contributed by atoms with Crippen molar-refractivity contribution < 1.29 is 22.7 Å². The van der Waals surface area contributed by atoms with Crippen LogP contribution in [0.15, 0.2) is 83.5 Å². The van der Waals surface area contributed by atoms with Crippen LogP contribution >= 0.6 is 12.1 Å². The number of nitrogens with zero attached hydrogens (tertiary/aromatic N) is 3. The number of amides is 2. The monoisotopic (exact) mass is 549 g/mol. The van der Waals surface area contributed by atoms with E-state index in [9.17, 15) is 18.0 Å². The summed E-state index contributed by atoms with van der Waals surface area (Å²) in [4.78, 5) is 16.7. The number of carbonyl (C=O) groups is 1. The number of urea groups is 1. The molecule has 1 aromatic heterocycles. The second-order valence-corrected chi connectivity index (χ2v) is 9.30. The Balaban J connectivity index is 1.27. The molecule has 0 aliphatic rings. The fourth-order valence-electron chi connectivity index (χ4n) is 4.11. The number of hydrogen-bond acceptors (Lipinski definition) is 5. The van der Waals surface area contributed by atoms with Crippen LogP contribution in [0.25, 0.3) is 27.5 Å². The fraction of sp³-hybridized carbons (Fsp3) is 0.107. The van der Waals surface area contributed by atoms with E-state index in [1.54, 1.807) is 29.2 Å². The van der Waals surface area contributed by atoms with E-state index in [4.69, 9.17) is 0 Å². The predicted molar refractivity (Wildman–Crippen MR) is 149 cm³/mol. The Morgan fingerprint density at radius 2 is 1.85 bits per heavy atom. The highest BCUT2D eigenvalue weighted by molar-refractivity contribution is 7.96. The number of aryl methyl sites for hydroxylation is 1. The van der Waals surface area contributed by atoms with Gasteiger partial charge in [0.1, 0.15) is 12.1 Å². The first-order valence-corrected chi connectivity index (χ1v) is 12.5. The lowest BCUT2D eigenvalue weighted by atomic mass is 10.1. The Bertz CT molecular complexity index is 1700. The maximum atomic E-state index is 12.4. The molecule has 0 radical (unpaired) electrons. The minimum absolute atomic E-state index is 0.286. The van der Waals surface area contributed by atoms with Gasteiger partial charge in [-0.1, -0.05) is 30.3 Å². The molecule has 5 aromatic rings. The van der Waals surface area contributed by atoms with Crippen molar-refractivity contribution in [3.63, 3.8) is 0 Å². The minimum Gasteiger partial charge on any atom is -0.406 e. The van der Waals surface area contributed by atoms with Crippen molar-refractivity contribution in [3.8, 4) is 11.4 Å². The van der Waals surface area contributed by atoms with Gasteiger partial charge >= 0.3 is 12.4 Å². The van der Waals surface area contributed by atoms with Crippen molar-refractivity contribution in [2.24, 2.45) is 4.40 Å². The largest absolute Gasteiger partial charge is 0.573 e. The van der Waals surface area contributed by atoms with Crippen LogP contribution in [0.3, 0.4) is 0 Å². The number of ether oxygens (including phenoxy) is 1. The van der Waals surface area contributed by atoms with Crippen molar-refractivity contribution in [1.29, 1.82) is 0 Å². The maximum absolute atomic E-state index is 12.4. The van der Waals surface area contributed by atoms with E-state index in [1.165, 1.54) is 12.1 Å². The Labute approximate surface area is 226 Å². The number of halogens is 3. The molecule has 0 fully saturated rings. The first-order chi connectivity index (χ1) is 18.7. The second kappa shape index (κ2) is 10.7. The molecule has 0 aliphatic carbocycles. The Morgan fingerprint density at radius 3 is 2.62 bits per heavy atom. The van der Waals surface area contributed by atoms with E-state index in [1.807, 2.05) is 62.4 Å². The molecule has 39 heavy (non-hydrogen) atoms. The third kappa shape index (κ3) is 5.99. The number of rotatable bonds is 6. The Morgan fingerprint density at radius 1 is 1.05 bits per heavy atom. The van der Waals surface area contributed by atoms with E-state index in [-0.39, 0.29) is 11.8 Å². The third-order valence-corrected chi connectivity index (χ3v) is 6.64. The maximum Gasteiger partial charge on any atom is 0.573 e. The van der Waals surface area contributed by atoms with Gasteiger partial charge in [-0.2, -0.15) is 0 Å². The van der Waals surface area contributed by atoms with Gasteiger partial charge in [0.2, 0.25) is 0 Å². The minimum atomic E-state index is -4.74. The summed E-state index contributed by atoms with van der Waals surface area (Å²) in [6.07, 6.45) is -1.46. The first kappa shape index (κ1) is 26.1. The summed E-state index contributed by atoms with van der Waals surface area (Å²) < 4.78 is 50.0. The van der Waals surface area contributed by atoms with Crippen LogP contribution in [0, 0.1) is 13.8 Å². The zero-order chi connectivity index (χ0) is 27.6. The molecule has 198 valence electrons. The molecule has 0 bridgehead atoms. The number of anilines is 1. The van der Waals surface area contributed by atoms with E-state index in [2.05, 4.69) is 24.2 Å². The number of aromatic nitrogens is 2. The van der Waals surface area contributed by atoms with Crippen molar-refractivity contribution in [2.75, 3.05) is 5.32 Å². The fourth-order valence-corrected chi connectivity index (χ4v) is 4.47. The van der Waals surface area contributed by atoms with Gasteiger partial charge in [0.05, 0.1) is 23.2 Å². The molecule has 7 nitrogen and oxygen atoms in total. The number of fused-ring (bicyclic) bond motifs is 3. The van der Waals surface area contributed by atoms with Crippen molar-refractivity contribution in [3.05, 3.63) is 95.8 Å². The topological polar surface area (TPSA) is 80.5 Å². The first-order valence-electron chi connectivity index (χ1n) is 11.8. The van der Waals surface area contributed by atoms with Crippen LogP contribution in [0.4, 0.5) is 23.7 Å². The summed E-state index contributed by atoms with van der Waals surface area (Å²) >= 11 is 0.919. The summed E-state index contributed by atoms with van der Waals surface area (Å²) in [5, 5.41) is 4.67. The highest BCUT2D eigenvalue weighted by atomic mass is 32.2. The molecule has 5 rings (SSSR count). The lowest BCUT2D eigenvalue weighted by Crippen LogP contribution is -2.22. The molecular weight excluding hydrogens is 527 g/mol. The zero-order valence-corrected chi connectivity index (χ0v) is 21.6. The average molecular weight is 550 g/mol.